The average molecular weight is 434 g/mol. The first-order valence-corrected chi connectivity index (χ1v) is 10.6. The second kappa shape index (κ2) is 8.05. The van der Waals surface area contributed by atoms with E-state index in [1.807, 2.05) is 13.8 Å². The van der Waals surface area contributed by atoms with Crippen molar-refractivity contribution in [3.63, 3.8) is 0 Å². The zero-order valence-corrected chi connectivity index (χ0v) is 17.3. The first-order chi connectivity index (χ1) is 14.4. The van der Waals surface area contributed by atoms with Crippen LogP contribution in [0.1, 0.15) is 32.5 Å². The predicted octanol–water partition coefficient (Wildman–Crippen LogP) is 3.15. The molecule has 0 radical (unpaired) electrons. The third-order valence-corrected chi connectivity index (χ3v) is 5.73. The van der Waals surface area contributed by atoms with Gasteiger partial charge in [-0.2, -0.15) is 0 Å². The van der Waals surface area contributed by atoms with E-state index in [4.69, 9.17) is 0 Å². The molecule has 158 valence electrons. The number of thioether (sulfide) groups is 1. The van der Waals surface area contributed by atoms with Crippen LogP contribution in [0.5, 0.6) is 0 Å². The van der Waals surface area contributed by atoms with Crippen molar-refractivity contribution in [2.75, 3.05) is 0 Å². The average Bonchev–Trinajstić information content (AvgIpc) is 3.27. The molecular formula is C19H20F2N6O2S. The van der Waals surface area contributed by atoms with Gasteiger partial charge in [0.2, 0.25) is 0 Å². The fourth-order valence-electron chi connectivity index (χ4n) is 3.37. The summed E-state index contributed by atoms with van der Waals surface area (Å²) in [6.07, 6.45) is 1.69. The summed E-state index contributed by atoms with van der Waals surface area (Å²) in [5.74, 6) is -0.937. The molecule has 0 spiro atoms. The number of aromatic amines is 2. The Bertz CT molecular complexity index is 1310. The van der Waals surface area contributed by atoms with E-state index in [-0.39, 0.29) is 0 Å². The maximum absolute atomic E-state index is 13.4. The third kappa shape index (κ3) is 3.53. The van der Waals surface area contributed by atoms with E-state index >= 15 is 0 Å². The summed E-state index contributed by atoms with van der Waals surface area (Å²) in [5, 5.41) is 0.474. The number of fused-ring (bicyclic) bond motifs is 2. The zero-order valence-electron chi connectivity index (χ0n) is 16.5. The Morgan fingerprint density at radius 3 is 2.57 bits per heavy atom. The highest BCUT2D eigenvalue weighted by molar-refractivity contribution is 7.98. The topological polar surface area (TPSA) is 101 Å². The summed E-state index contributed by atoms with van der Waals surface area (Å²) in [5.41, 5.74) is 0.502. The Hall–Kier alpha value is -2.95. The molecule has 0 aliphatic carbocycles. The summed E-state index contributed by atoms with van der Waals surface area (Å²) in [4.78, 5) is 38.9. The van der Waals surface area contributed by atoms with Crippen LogP contribution in [0.4, 0.5) is 8.78 Å². The molecule has 4 aromatic rings. The molecular weight excluding hydrogens is 414 g/mol. The molecule has 0 saturated heterocycles. The van der Waals surface area contributed by atoms with Gasteiger partial charge in [-0.05, 0) is 13.3 Å². The molecule has 4 rings (SSSR count). The summed E-state index contributed by atoms with van der Waals surface area (Å²) in [7, 11) is 0. The monoisotopic (exact) mass is 434 g/mol. The van der Waals surface area contributed by atoms with E-state index in [0.29, 0.717) is 52.0 Å². The summed E-state index contributed by atoms with van der Waals surface area (Å²) in [6.45, 7) is 4.88. The summed E-state index contributed by atoms with van der Waals surface area (Å²) in [6, 6.07) is 2.10. The van der Waals surface area contributed by atoms with Crippen LogP contribution >= 0.6 is 11.8 Å². The number of unbranched alkanes of at least 4 members (excludes halogenated alkanes) is 1. The van der Waals surface area contributed by atoms with E-state index in [9.17, 15) is 18.4 Å². The number of benzene rings is 1. The minimum Gasteiger partial charge on any atom is -0.333 e. The second-order valence-electron chi connectivity index (χ2n) is 6.82. The molecule has 1 aromatic carbocycles. The second-order valence-corrected chi connectivity index (χ2v) is 7.79. The van der Waals surface area contributed by atoms with Crippen molar-refractivity contribution in [3.05, 3.63) is 50.4 Å². The van der Waals surface area contributed by atoms with Crippen LogP contribution in [0.25, 0.3) is 22.2 Å². The lowest BCUT2D eigenvalue weighted by Gasteiger charge is -2.06. The van der Waals surface area contributed by atoms with Crippen molar-refractivity contribution in [1.82, 2.24) is 29.1 Å². The molecule has 11 heteroatoms. The van der Waals surface area contributed by atoms with E-state index in [0.717, 1.165) is 25.0 Å². The molecule has 0 saturated carbocycles. The van der Waals surface area contributed by atoms with Crippen LogP contribution in [0.3, 0.4) is 0 Å². The Balaban J connectivity index is 1.71. The maximum atomic E-state index is 13.4. The summed E-state index contributed by atoms with van der Waals surface area (Å²) >= 11 is 1.29. The normalized spacial score (nSPS) is 11.7. The van der Waals surface area contributed by atoms with E-state index < -0.39 is 22.9 Å². The van der Waals surface area contributed by atoms with Gasteiger partial charge >= 0.3 is 5.69 Å². The van der Waals surface area contributed by atoms with Gasteiger partial charge in [-0.15, -0.1) is 0 Å². The lowest BCUT2D eigenvalue weighted by Crippen LogP contribution is -2.31. The number of H-pyrrole nitrogens is 2. The van der Waals surface area contributed by atoms with Crippen molar-refractivity contribution in [2.45, 2.75) is 50.7 Å². The SMILES string of the molecule is CCCCn1c(=O)[nH]c(=O)c2c1nc(CSc1nc3cc(F)c(F)cc3[nH]1)n2CC. The van der Waals surface area contributed by atoms with Gasteiger partial charge in [-0.3, -0.25) is 14.3 Å². The highest BCUT2D eigenvalue weighted by Gasteiger charge is 2.18. The third-order valence-electron chi connectivity index (χ3n) is 4.86. The smallest absolute Gasteiger partial charge is 0.330 e. The Morgan fingerprint density at radius 2 is 1.83 bits per heavy atom. The Morgan fingerprint density at radius 1 is 1.07 bits per heavy atom. The molecule has 3 heterocycles. The molecule has 0 atom stereocenters. The summed E-state index contributed by atoms with van der Waals surface area (Å²) < 4.78 is 30.1. The first kappa shape index (κ1) is 20.3. The molecule has 0 bridgehead atoms. The predicted molar refractivity (Wildman–Crippen MR) is 111 cm³/mol. The highest BCUT2D eigenvalue weighted by atomic mass is 32.2. The number of imidazole rings is 2. The van der Waals surface area contributed by atoms with Crippen LogP contribution in [0.2, 0.25) is 0 Å². The Labute approximate surface area is 173 Å². The van der Waals surface area contributed by atoms with Gasteiger partial charge in [0.25, 0.3) is 5.56 Å². The number of nitrogens with zero attached hydrogens (tertiary/aromatic N) is 4. The molecule has 2 N–H and O–H groups in total. The van der Waals surface area contributed by atoms with Gasteiger partial charge in [0.1, 0.15) is 5.82 Å². The van der Waals surface area contributed by atoms with E-state index in [2.05, 4.69) is 19.9 Å². The molecule has 0 aliphatic heterocycles. The number of aryl methyl sites for hydroxylation is 2. The van der Waals surface area contributed by atoms with Gasteiger partial charge in [-0.1, -0.05) is 25.1 Å². The number of rotatable bonds is 7. The number of hydrogen-bond donors (Lipinski definition) is 2. The molecule has 0 fully saturated rings. The molecule has 3 aromatic heterocycles. The van der Waals surface area contributed by atoms with Crippen molar-refractivity contribution in [1.29, 1.82) is 0 Å². The minimum atomic E-state index is -0.956. The van der Waals surface area contributed by atoms with E-state index in [1.165, 1.54) is 16.3 Å². The molecule has 0 aliphatic rings. The highest BCUT2D eigenvalue weighted by Crippen LogP contribution is 2.25. The van der Waals surface area contributed by atoms with Gasteiger partial charge in [0.05, 0.1) is 16.8 Å². The maximum Gasteiger partial charge on any atom is 0.330 e. The fourth-order valence-corrected chi connectivity index (χ4v) is 4.21. The fraction of sp³-hybridized carbons (Fsp3) is 0.368. The Kier molecular flexibility index (Phi) is 5.46. The van der Waals surface area contributed by atoms with Crippen molar-refractivity contribution < 1.29 is 8.78 Å². The molecule has 0 unspecified atom stereocenters. The lowest BCUT2D eigenvalue weighted by molar-refractivity contribution is 0.510. The van der Waals surface area contributed by atoms with Crippen molar-refractivity contribution >= 4 is 34.0 Å². The lowest BCUT2D eigenvalue weighted by atomic mass is 10.3. The van der Waals surface area contributed by atoms with Crippen LogP contribution in [-0.4, -0.2) is 29.1 Å². The van der Waals surface area contributed by atoms with Crippen LogP contribution in [0, 0.1) is 11.6 Å². The first-order valence-electron chi connectivity index (χ1n) is 9.62. The van der Waals surface area contributed by atoms with Gasteiger partial charge < -0.3 is 9.55 Å². The molecule has 8 nitrogen and oxygen atoms in total. The number of halogens is 2. The molecule has 30 heavy (non-hydrogen) atoms. The van der Waals surface area contributed by atoms with Gasteiger partial charge in [0, 0.05) is 25.2 Å². The van der Waals surface area contributed by atoms with Crippen molar-refractivity contribution in [2.24, 2.45) is 0 Å². The molecule has 0 amide bonds. The van der Waals surface area contributed by atoms with Gasteiger partial charge in [0.15, 0.2) is 28.0 Å². The standard InChI is InChI=1S/C19H20F2N6O2S/c1-3-5-6-27-16-15(17(28)25-19(27)29)26(4-2)14(24-16)9-30-18-22-12-7-10(20)11(21)8-13(12)23-18/h7-8H,3-6,9H2,1-2H3,(H,22,23)(H,25,28,29). The quantitative estimate of drug-likeness (QED) is 0.435. The number of aromatic nitrogens is 6. The van der Waals surface area contributed by atoms with Crippen LogP contribution in [-0.2, 0) is 18.8 Å². The van der Waals surface area contributed by atoms with E-state index in [1.54, 1.807) is 4.57 Å². The van der Waals surface area contributed by atoms with Crippen LogP contribution in [0.15, 0.2) is 26.9 Å². The van der Waals surface area contributed by atoms with Gasteiger partial charge in [-0.25, -0.2) is 23.5 Å². The number of nitrogens with one attached hydrogen (secondary N) is 2. The minimum absolute atomic E-state index is 0.324. The largest absolute Gasteiger partial charge is 0.333 e. The number of hydrogen-bond acceptors (Lipinski definition) is 5. The van der Waals surface area contributed by atoms with Crippen molar-refractivity contribution in [3.8, 4) is 0 Å². The zero-order chi connectivity index (χ0) is 21.4. The van der Waals surface area contributed by atoms with Crippen LogP contribution < -0.4 is 11.2 Å².